The van der Waals surface area contributed by atoms with Crippen LogP contribution in [0.4, 0.5) is 24.5 Å². The molecule has 30 heavy (non-hydrogen) atoms. The molecule has 164 valence electrons. The minimum atomic E-state index is -5.01. The number of alkyl halides is 3. The second-order valence-corrected chi connectivity index (χ2v) is 8.48. The van der Waals surface area contributed by atoms with E-state index < -0.39 is 27.8 Å². The van der Waals surface area contributed by atoms with Crippen LogP contribution in [0.15, 0.2) is 41.3 Å². The molecule has 0 unspecified atom stereocenters. The normalized spacial score (nSPS) is 15.0. The SMILES string of the molecule is COc1ccc(S(=O)(=O)Nc2ccc(Cl)cc2OC(F)(F)F)cc1N1CCNCC1. The summed E-state index contributed by atoms with van der Waals surface area (Å²) in [5.41, 5.74) is 0.181. The Balaban J connectivity index is 1.95. The van der Waals surface area contributed by atoms with E-state index in [1.165, 1.54) is 31.4 Å². The van der Waals surface area contributed by atoms with Crippen molar-refractivity contribution in [1.29, 1.82) is 0 Å². The zero-order valence-corrected chi connectivity index (χ0v) is 17.4. The number of nitrogens with zero attached hydrogens (tertiary/aromatic N) is 1. The van der Waals surface area contributed by atoms with Gasteiger partial charge < -0.3 is 19.7 Å². The van der Waals surface area contributed by atoms with E-state index in [2.05, 4.69) is 14.8 Å². The summed E-state index contributed by atoms with van der Waals surface area (Å²) < 4.78 is 75.2. The Hall–Kier alpha value is -2.37. The van der Waals surface area contributed by atoms with Gasteiger partial charge in [-0.2, -0.15) is 0 Å². The number of rotatable bonds is 6. The number of benzene rings is 2. The van der Waals surface area contributed by atoms with Gasteiger partial charge in [0.05, 0.1) is 23.4 Å². The van der Waals surface area contributed by atoms with Crippen molar-refractivity contribution in [3.8, 4) is 11.5 Å². The van der Waals surface area contributed by atoms with E-state index in [1.807, 2.05) is 4.90 Å². The Morgan fingerprint density at radius 3 is 2.43 bits per heavy atom. The van der Waals surface area contributed by atoms with Crippen molar-refractivity contribution in [1.82, 2.24) is 5.32 Å². The van der Waals surface area contributed by atoms with Crippen LogP contribution in [0.5, 0.6) is 11.5 Å². The van der Waals surface area contributed by atoms with Crippen LogP contribution >= 0.6 is 11.6 Å². The first kappa shape index (κ1) is 22.3. The molecule has 0 saturated carbocycles. The highest BCUT2D eigenvalue weighted by Crippen LogP contribution is 2.36. The number of hydrogen-bond acceptors (Lipinski definition) is 6. The molecule has 0 spiro atoms. The lowest BCUT2D eigenvalue weighted by Crippen LogP contribution is -2.43. The fourth-order valence-corrected chi connectivity index (χ4v) is 4.24. The lowest BCUT2D eigenvalue weighted by atomic mass is 10.2. The molecular formula is C18H19ClF3N3O4S. The molecule has 2 aromatic carbocycles. The van der Waals surface area contributed by atoms with Crippen molar-refractivity contribution < 1.29 is 31.1 Å². The third-order valence-electron chi connectivity index (χ3n) is 4.33. The second kappa shape index (κ2) is 8.78. The van der Waals surface area contributed by atoms with Crippen LogP contribution in [-0.4, -0.2) is 48.1 Å². The van der Waals surface area contributed by atoms with E-state index in [0.29, 0.717) is 24.5 Å². The summed E-state index contributed by atoms with van der Waals surface area (Å²) in [6, 6.07) is 7.47. The zero-order chi connectivity index (χ0) is 21.9. The van der Waals surface area contributed by atoms with Gasteiger partial charge in [-0.3, -0.25) is 4.72 Å². The van der Waals surface area contributed by atoms with E-state index in [1.54, 1.807) is 0 Å². The molecule has 3 rings (SSSR count). The second-order valence-electron chi connectivity index (χ2n) is 6.36. The van der Waals surface area contributed by atoms with E-state index in [0.717, 1.165) is 25.2 Å². The van der Waals surface area contributed by atoms with Gasteiger partial charge >= 0.3 is 6.36 Å². The molecule has 2 aromatic rings. The zero-order valence-electron chi connectivity index (χ0n) is 15.8. The van der Waals surface area contributed by atoms with Gasteiger partial charge in [-0.05, 0) is 30.3 Å². The highest BCUT2D eigenvalue weighted by Gasteiger charge is 2.33. The molecule has 12 heteroatoms. The summed E-state index contributed by atoms with van der Waals surface area (Å²) >= 11 is 5.72. The highest BCUT2D eigenvalue weighted by atomic mass is 35.5. The first-order chi connectivity index (χ1) is 14.1. The van der Waals surface area contributed by atoms with Gasteiger partial charge in [0, 0.05) is 37.3 Å². The molecule has 1 saturated heterocycles. The molecule has 7 nitrogen and oxygen atoms in total. The van der Waals surface area contributed by atoms with Crippen LogP contribution in [0.25, 0.3) is 0 Å². The van der Waals surface area contributed by atoms with E-state index in [4.69, 9.17) is 16.3 Å². The first-order valence-corrected chi connectivity index (χ1v) is 10.7. The van der Waals surface area contributed by atoms with Crippen LogP contribution in [0.2, 0.25) is 5.02 Å². The molecule has 1 aliphatic rings. The topological polar surface area (TPSA) is 79.9 Å². The summed E-state index contributed by atoms with van der Waals surface area (Å²) in [7, 11) is -2.75. The Kier molecular flexibility index (Phi) is 6.53. The molecule has 0 aliphatic carbocycles. The molecule has 2 N–H and O–H groups in total. The molecule has 0 amide bonds. The van der Waals surface area contributed by atoms with E-state index in [9.17, 15) is 21.6 Å². The average molecular weight is 466 g/mol. The molecule has 0 bridgehead atoms. The van der Waals surface area contributed by atoms with Crippen molar-refractivity contribution in [2.24, 2.45) is 0 Å². The summed E-state index contributed by atoms with van der Waals surface area (Å²) in [6.07, 6.45) is -5.01. The largest absolute Gasteiger partial charge is 0.573 e. The summed E-state index contributed by atoms with van der Waals surface area (Å²) in [5, 5.41) is 3.16. The molecule has 1 aliphatic heterocycles. The summed E-state index contributed by atoms with van der Waals surface area (Å²) in [5.74, 6) is -0.266. The number of halogens is 4. The lowest BCUT2D eigenvalue weighted by Gasteiger charge is -2.30. The Labute approximate surface area is 176 Å². The molecule has 0 aromatic heterocycles. The van der Waals surface area contributed by atoms with Crippen LogP contribution in [0.3, 0.4) is 0 Å². The standard InChI is InChI=1S/C18H19ClF3N3O4S/c1-28-16-5-3-13(11-15(16)25-8-6-23-7-9-25)30(26,27)24-14-4-2-12(19)10-17(14)29-18(20,21)22/h2-5,10-11,23-24H,6-9H2,1H3. The number of hydrogen-bond donors (Lipinski definition) is 2. The number of ether oxygens (including phenoxy) is 2. The Morgan fingerprint density at radius 1 is 1.10 bits per heavy atom. The van der Waals surface area contributed by atoms with E-state index in [-0.39, 0.29) is 9.92 Å². The van der Waals surface area contributed by atoms with Crippen LogP contribution in [-0.2, 0) is 10.0 Å². The Bertz CT molecular complexity index is 1010. The first-order valence-electron chi connectivity index (χ1n) is 8.81. The quantitative estimate of drug-likeness (QED) is 0.680. The van der Waals surface area contributed by atoms with Crippen LogP contribution in [0, 0.1) is 0 Å². The van der Waals surface area contributed by atoms with Gasteiger partial charge in [0.2, 0.25) is 0 Å². The molecule has 0 radical (unpaired) electrons. The van der Waals surface area contributed by atoms with E-state index >= 15 is 0 Å². The maximum Gasteiger partial charge on any atom is 0.573 e. The predicted molar refractivity (Wildman–Crippen MR) is 107 cm³/mol. The fraction of sp³-hybridized carbons (Fsp3) is 0.333. The Morgan fingerprint density at radius 2 is 1.80 bits per heavy atom. The number of methoxy groups -OCH3 is 1. The summed E-state index contributed by atoms with van der Waals surface area (Å²) in [4.78, 5) is 1.83. The van der Waals surface area contributed by atoms with Gasteiger partial charge in [0.15, 0.2) is 5.75 Å². The number of anilines is 2. The maximum absolute atomic E-state index is 12.9. The smallest absolute Gasteiger partial charge is 0.495 e. The monoisotopic (exact) mass is 465 g/mol. The van der Waals surface area contributed by atoms with Crippen LogP contribution in [0.1, 0.15) is 0 Å². The van der Waals surface area contributed by atoms with Crippen molar-refractivity contribution in [2.45, 2.75) is 11.3 Å². The molecule has 1 fully saturated rings. The van der Waals surface area contributed by atoms with Gasteiger partial charge in [0.1, 0.15) is 5.75 Å². The lowest BCUT2D eigenvalue weighted by molar-refractivity contribution is -0.274. The molecular weight excluding hydrogens is 447 g/mol. The van der Waals surface area contributed by atoms with Gasteiger partial charge in [-0.1, -0.05) is 11.6 Å². The van der Waals surface area contributed by atoms with Crippen LogP contribution < -0.4 is 24.4 Å². The number of sulfonamides is 1. The minimum absolute atomic E-state index is 0.0392. The van der Waals surface area contributed by atoms with Crippen molar-refractivity contribution in [3.63, 3.8) is 0 Å². The maximum atomic E-state index is 12.9. The molecule has 1 heterocycles. The number of piperazine rings is 1. The number of nitrogens with one attached hydrogen (secondary N) is 2. The fourth-order valence-electron chi connectivity index (χ4n) is 2.98. The molecule has 0 atom stereocenters. The van der Waals surface area contributed by atoms with Crippen molar-refractivity contribution >= 4 is 33.0 Å². The highest BCUT2D eigenvalue weighted by molar-refractivity contribution is 7.92. The predicted octanol–water partition coefficient (Wildman–Crippen LogP) is 3.46. The third-order valence-corrected chi connectivity index (χ3v) is 5.93. The van der Waals surface area contributed by atoms with Gasteiger partial charge in [0.25, 0.3) is 10.0 Å². The van der Waals surface area contributed by atoms with Crippen molar-refractivity contribution in [2.75, 3.05) is 42.9 Å². The third kappa shape index (κ3) is 5.41. The van der Waals surface area contributed by atoms with Gasteiger partial charge in [-0.25, -0.2) is 8.42 Å². The van der Waals surface area contributed by atoms with Gasteiger partial charge in [-0.15, -0.1) is 13.2 Å². The average Bonchev–Trinajstić information content (AvgIpc) is 2.69. The minimum Gasteiger partial charge on any atom is -0.495 e. The van der Waals surface area contributed by atoms with Crippen molar-refractivity contribution in [3.05, 3.63) is 41.4 Å². The summed E-state index contributed by atoms with van der Waals surface area (Å²) in [6.45, 7) is 2.74.